The quantitative estimate of drug-likeness (QED) is 0.698. The zero-order valence-corrected chi connectivity index (χ0v) is 9.95. The predicted molar refractivity (Wildman–Crippen MR) is 73.0 cm³/mol. The van der Waals surface area contributed by atoms with E-state index in [-0.39, 0.29) is 5.82 Å². The van der Waals surface area contributed by atoms with Crippen molar-refractivity contribution in [2.45, 2.75) is 0 Å². The number of benzene rings is 2. The Bertz CT molecular complexity index is 763. The van der Waals surface area contributed by atoms with Crippen molar-refractivity contribution in [3.05, 3.63) is 48.5 Å². The van der Waals surface area contributed by atoms with Gasteiger partial charge in [0.15, 0.2) is 5.82 Å². The summed E-state index contributed by atoms with van der Waals surface area (Å²) in [5.41, 5.74) is 8.28. The number of aromatic nitrogens is 2. The normalized spacial score (nSPS) is 10.7. The zero-order valence-electron chi connectivity index (χ0n) is 9.95. The van der Waals surface area contributed by atoms with Crippen molar-refractivity contribution >= 4 is 22.8 Å². The molecule has 5 nitrogen and oxygen atoms in total. The highest BCUT2D eigenvalue weighted by Gasteiger charge is 2.13. The summed E-state index contributed by atoms with van der Waals surface area (Å²) in [6, 6.07) is 15.2. The second-order valence-electron chi connectivity index (χ2n) is 4.18. The Kier molecular flexibility index (Phi) is 2.45. The minimum atomic E-state index is -1.14. The van der Waals surface area contributed by atoms with Crippen LogP contribution in [0.25, 0.3) is 22.0 Å². The number of nitrogen functional groups attached to an aromatic ring is 1. The lowest BCUT2D eigenvalue weighted by Crippen LogP contribution is -2.09. The molecule has 1 aromatic heterocycles. The van der Waals surface area contributed by atoms with Crippen LogP contribution < -0.4 is 5.73 Å². The molecule has 0 aliphatic rings. The Morgan fingerprint density at radius 2 is 1.84 bits per heavy atom. The molecule has 3 N–H and O–H groups in total. The second-order valence-corrected chi connectivity index (χ2v) is 4.18. The summed E-state index contributed by atoms with van der Waals surface area (Å²) in [5, 5.41) is 13.5. The van der Waals surface area contributed by atoms with Crippen LogP contribution in [0.3, 0.4) is 0 Å². The van der Waals surface area contributed by atoms with Gasteiger partial charge in [0.1, 0.15) is 0 Å². The Balaban J connectivity index is 2.22. The first kappa shape index (κ1) is 11.3. The molecule has 0 unspecified atom stereocenters. The van der Waals surface area contributed by atoms with Crippen molar-refractivity contribution in [2.75, 3.05) is 5.73 Å². The van der Waals surface area contributed by atoms with Crippen LogP contribution in [-0.4, -0.2) is 21.0 Å². The molecule has 1 heterocycles. The average Bonchev–Trinajstić information content (AvgIpc) is 2.77. The van der Waals surface area contributed by atoms with E-state index < -0.39 is 6.09 Å². The van der Waals surface area contributed by atoms with Crippen molar-refractivity contribution in [3.63, 3.8) is 0 Å². The van der Waals surface area contributed by atoms with Gasteiger partial charge in [-0.25, -0.2) is 4.79 Å². The summed E-state index contributed by atoms with van der Waals surface area (Å²) < 4.78 is 0.888. The van der Waals surface area contributed by atoms with Crippen LogP contribution in [0.2, 0.25) is 0 Å². The lowest BCUT2D eigenvalue weighted by Gasteiger charge is -2.02. The van der Waals surface area contributed by atoms with E-state index in [1.807, 2.05) is 42.5 Å². The highest BCUT2D eigenvalue weighted by Crippen LogP contribution is 2.27. The van der Waals surface area contributed by atoms with E-state index in [0.717, 1.165) is 15.8 Å². The highest BCUT2D eigenvalue weighted by atomic mass is 16.4. The van der Waals surface area contributed by atoms with E-state index in [4.69, 9.17) is 10.8 Å². The highest BCUT2D eigenvalue weighted by molar-refractivity contribution is 5.96. The van der Waals surface area contributed by atoms with E-state index in [1.54, 1.807) is 6.07 Å². The Hall–Kier alpha value is -2.82. The van der Waals surface area contributed by atoms with Crippen LogP contribution in [0.1, 0.15) is 0 Å². The Morgan fingerprint density at radius 3 is 2.53 bits per heavy atom. The number of anilines is 1. The van der Waals surface area contributed by atoms with E-state index >= 15 is 0 Å². The lowest BCUT2D eigenvalue weighted by atomic mass is 10.0. The Morgan fingerprint density at radius 1 is 1.11 bits per heavy atom. The molecular weight excluding hydrogens is 242 g/mol. The molecule has 0 radical (unpaired) electrons. The van der Waals surface area contributed by atoms with Gasteiger partial charge in [0.25, 0.3) is 0 Å². The molecule has 0 saturated carbocycles. The second kappa shape index (κ2) is 4.13. The number of carboxylic acid groups (broad SMARTS) is 1. The number of rotatable bonds is 1. The van der Waals surface area contributed by atoms with Crippen LogP contribution in [0.15, 0.2) is 48.5 Å². The average molecular weight is 253 g/mol. The molecule has 0 saturated heterocycles. The number of hydrogen-bond donors (Lipinski definition) is 2. The first-order chi connectivity index (χ1) is 9.16. The van der Waals surface area contributed by atoms with E-state index in [2.05, 4.69) is 5.10 Å². The summed E-state index contributed by atoms with van der Waals surface area (Å²) >= 11 is 0. The molecule has 0 aliphatic carbocycles. The maximum Gasteiger partial charge on any atom is 0.432 e. The van der Waals surface area contributed by atoms with E-state index in [0.29, 0.717) is 10.9 Å². The van der Waals surface area contributed by atoms with Gasteiger partial charge in [-0.1, -0.05) is 36.4 Å². The zero-order chi connectivity index (χ0) is 13.4. The molecule has 2 aromatic carbocycles. The monoisotopic (exact) mass is 253 g/mol. The summed E-state index contributed by atoms with van der Waals surface area (Å²) in [6.07, 6.45) is -1.14. The minimum Gasteiger partial charge on any atom is -0.463 e. The molecule has 0 atom stereocenters. The standard InChI is InChI=1S/C14H11N3O2/c15-13-11-8-10(9-4-2-1-3-5-9)6-7-12(11)17(16-13)14(18)19/h1-8H,(H2,15,16)(H,18,19). The molecule has 0 aliphatic heterocycles. The molecule has 0 bridgehead atoms. The van der Waals surface area contributed by atoms with Crippen molar-refractivity contribution in [1.29, 1.82) is 0 Å². The third kappa shape index (κ3) is 1.81. The SMILES string of the molecule is Nc1nn(C(=O)O)c2ccc(-c3ccccc3)cc12. The van der Waals surface area contributed by atoms with Crippen LogP contribution in [0.5, 0.6) is 0 Å². The number of carbonyl (C=O) groups is 1. The molecule has 3 aromatic rings. The van der Waals surface area contributed by atoms with Crippen LogP contribution in [0.4, 0.5) is 10.6 Å². The number of nitrogens with two attached hydrogens (primary N) is 1. The van der Waals surface area contributed by atoms with Crippen molar-refractivity contribution in [2.24, 2.45) is 0 Å². The van der Waals surface area contributed by atoms with Gasteiger partial charge >= 0.3 is 6.09 Å². The topological polar surface area (TPSA) is 81.1 Å². The third-order valence-electron chi connectivity index (χ3n) is 3.00. The molecule has 5 heteroatoms. The number of hydrogen-bond acceptors (Lipinski definition) is 3. The molecule has 3 rings (SSSR count). The smallest absolute Gasteiger partial charge is 0.432 e. The fourth-order valence-corrected chi connectivity index (χ4v) is 2.10. The molecule has 19 heavy (non-hydrogen) atoms. The van der Waals surface area contributed by atoms with Gasteiger partial charge in [0.2, 0.25) is 0 Å². The van der Waals surface area contributed by atoms with Crippen molar-refractivity contribution in [3.8, 4) is 11.1 Å². The van der Waals surface area contributed by atoms with Gasteiger partial charge in [0, 0.05) is 5.39 Å². The van der Waals surface area contributed by atoms with Gasteiger partial charge in [-0.05, 0) is 23.3 Å². The molecule has 94 valence electrons. The summed E-state index contributed by atoms with van der Waals surface area (Å²) in [7, 11) is 0. The van der Waals surface area contributed by atoms with Gasteiger partial charge in [-0.3, -0.25) is 0 Å². The van der Waals surface area contributed by atoms with Crippen molar-refractivity contribution in [1.82, 2.24) is 9.78 Å². The summed E-state index contributed by atoms with van der Waals surface area (Å²) in [5.74, 6) is 0.218. The molecule has 0 spiro atoms. The minimum absolute atomic E-state index is 0.218. The first-order valence-corrected chi connectivity index (χ1v) is 5.74. The van der Waals surface area contributed by atoms with Gasteiger partial charge in [0.05, 0.1) is 5.52 Å². The fourth-order valence-electron chi connectivity index (χ4n) is 2.10. The fraction of sp³-hybridized carbons (Fsp3) is 0. The maximum atomic E-state index is 11.0. The molecular formula is C14H11N3O2. The predicted octanol–water partition coefficient (Wildman–Crippen LogP) is 2.81. The lowest BCUT2D eigenvalue weighted by molar-refractivity contribution is 0.194. The number of fused-ring (bicyclic) bond motifs is 1. The van der Waals surface area contributed by atoms with E-state index in [9.17, 15) is 4.79 Å². The number of nitrogens with zero attached hydrogens (tertiary/aromatic N) is 2. The van der Waals surface area contributed by atoms with Gasteiger partial charge < -0.3 is 10.8 Å². The third-order valence-corrected chi connectivity index (χ3v) is 3.00. The van der Waals surface area contributed by atoms with Crippen molar-refractivity contribution < 1.29 is 9.90 Å². The molecule has 0 amide bonds. The van der Waals surface area contributed by atoms with Crippen LogP contribution >= 0.6 is 0 Å². The molecule has 0 fully saturated rings. The first-order valence-electron chi connectivity index (χ1n) is 5.74. The van der Waals surface area contributed by atoms with Crippen LogP contribution in [0, 0.1) is 0 Å². The Labute approximate surface area is 108 Å². The van der Waals surface area contributed by atoms with E-state index in [1.165, 1.54) is 0 Å². The van der Waals surface area contributed by atoms with Gasteiger partial charge in [-0.2, -0.15) is 4.68 Å². The summed E-state index contributed by atoms with van der Waals surface area (Å²) in [6.45, 7) is 0. The van der Waals surface area contributed by atoms with Crippen LogP contribution in [-0.2, 0) is 0 Å². The largest absolute Gasteiger partial charge is 0.463 e. The maximum absolute atomic E-state index is 11.0. The van der Waals surface area contributed by atoms with Gasteiger partial charge in [-0.15, -0.1) is 5.10 Å². The summed E-state index contributed by atoms with van der Waals surface area (Å²) in [4.78, 5) is 11.0.